The molecule has 2 fully saturated rings. The fraction of sp³-hybridized carbons (Fsp3) is 0.533. The third-order valence-corrected chi connectivity index (χ3v) is 8.37. The first-order valence-electron chi connectivity index (χ1n) is 14.3. The Kier molecular flexibility index (Phi) is 8.88. The molecule has 0 spiro atoms. The maximum absolute atomic E-state index is 15.1. The molecule has 41 heavy (non-hydrogen) atoms. The lowest BCUT2D eigenvalue weighted by molar-refractivity contribution is -0.128. The molecule has 0 N–H and O–H groups in total. The van der Waals surface area contributed by atoms with Crippen LogP contribution in [0.1, 0.15) is 36.9 Å². The Hall–Kier alpha value is -3.91. The maximum atomic E-state index is 15.1. The van der Waals surface area contributed by atoms with Crippen molar-refractivity contribution >= 4 is 17.4 Å². The highest BCUT2D eigenvalue weighted by Gasteiger charge is 2.33. The lowest BCUT2D eigenvalue weighted by Gasteiger charge is -2.41. The van der Waals surface area contributed by atoms with Crippen molar-refractivity contribution in [2.45, 2.75) is 50.7 Å². The number of nitrogens with zero attached hydrogens (tertiary/aromatic N) is 7. The van der Waals surface area contributed by atoms with Gasteiger partial charge in [0.25, 0.3) is 0 Å². The van der Waals surface area contributed by atoms with E-state index in [2.05, 4.69) is 29.5 Å². The van der Waals surface area contributed by atoms with E-state index in [1.165, 1.54) is 12.1 Å². The highest BCUT2D eigenvalue weighted by molar-refractivity contribution is 5.87. The first-order valence-corrected chi connectivity index (χ1v) is 14.3. The number of carbonyl (C=O) groups excluding carboxylic acids is 1. The number of para-hydroxylation sites is 1. The number of amides is 1. The van der Waals surface area contributed by atoms with Crippen LogP contribution in [-0.2, 0) is 17.8 Å². The number of hydrogen-bond acceptors (Lipinski definition) is 9. The number of methoxy groups -OCH3 is 1. The molecule has 3 aliphatic heterocycles. The van der Waals surface area contributed by atoms with E-state index < -0.39 is 0 Å². The Labute approximate surface area is 241 Å². The molecular weight excluding hydrogens is 525 g/mol. The monoisotopic (exact) mass is 563 g/mol. The second-order valence-corrected chi connectivity index (χ2v) is 10.9. The standard InChI is InChI=1S/C30H38FN7O3/c1-4-27(39)38-17-16-37(18-21(38)12-13-32)29-23-9-7-15-36(28-24(31)10-5-11-26(28)40-3)19-25(23)33-30(34-29)41-20-22-8-6-14-35(22)2/h4-5,10-11,21-22H,1,6-9,12,14-20H2,2-3H3/t21?,22-/m0/s1. The quantitative estimate of drug-likeness (QED) is 0.449. The maximum Gasteiger partial charge on any atom is 0.318 e. The van der Waals surface area contributed by atoms with Crippen molar-refractivity contribution in [2.24, 2.45) is 0 Å². The molecular formula is C30H38FN7O3. The van der Waals surface area contributed by atoms with Gasteiger partial charge in [-0.05, 0) is 57.5 Å². The van der Waals surface area contributed by atoms with Crippen LogP contribution in [0, 0.1) is 17.1 Å². The molecule has 0 aliphatic carbocycles. The van der Waals surface area contributed by atoms with Crippen LogP contribution >= 0.6 is 0 Å². The number of likely N-dealkylation sites (N-methyl/N-ethyl adjacent to an activating group) is 1. The summed E-state index contributed by atoms with van der Waals surface area (Å²) in [5.74, 6) is 0.724. The van der Waals surface area contributed by atoms with Crippen molar-refractivity contribution in [2.75, 3.05) is 63.3 Å². The third kappa shape index (κ3) is 6.07. The number of rotatable bonds is 8. The summed E-state index contributed by atoms with van der Waals surface area (Å²) in [5.41, 5.74) is 2.20. The molecule has 0 bridgehead atoms. The molecule has 4 heterocycles. The Balaban J connectivity index is 1.50. The molecule has 1 aromatic heterocycles. The van der Waals surface area contributed by atoms with Gasteiger partial charge in [-0.25, -0.2) is 4.39 Å². The predicted octanol–water partition coefficient (Wildman–Crippen LogP) is 3.17. The first kappa shape index (κ1) is 28.6. The molecule has 1 aromatic carbocycles. The van der Waals surface area contributed by atoms with E-state index in [-0.39, 0.29) is 24.2 Å². The van der Waals surface area contributed by atoms with Gasteiger partial charge in [0.1, 0.15) is 29.7 Å². The first-order chi connectivity index (χ1) is 19.9. The average molecular weight is 564 g/mol. The molecule has 5 rings (SSSR count). The molecule has 11 heteroatoms. The minimum absolute atomic E-state index is 0.175. The van der Waals surface area contributed by atoms with Crippen LogP contribution in [0.5, 0.6) is 11.8 Å². The molecule has 1 amide bonds. The average Bonchev–Trinajstić information content (AvgIpc) is 3.27. The number of fused-ring (bicyclic) bond motifs is 1. The van der Waals surface area contributed by atoms with Crippen molar-refractivity contribution in [1.29, 1.82) is 5.26 Å². The summed E-state index contributed by atoms with van der Waals surface area (Å²) in [6, 6.07) is 7.39. The molecule has 2 saturated heterocycles. The summed E-state index contributed by atoms with van der Waals surface area (Å²) >= 11 is 0. The number of hydrogen-bond donors (Lipinski definition) is 0. The lowest BCUT2D eigenvalue weighted by Crippen LogP contribution is -2.55. The van der Waals surface area contributed by atoms with Gasteiger partial charge in [-0.2, -0.15) is 15.2 Å². The molecule has 10 nitrogen and oxygen atoms in total. The van der Waals surface area contributed by atoms with Gasteiger partial charge in [0.2, 0.25) is 5.91 Å². The van der Waals surface area contributed by atoms with Crippen molar-refractivity contribution in [3.8, 4) is 17.8 Å². The number of likely N-dealkylation sites (tertiary alicyclic amines) is 1. The van der Waals surface area contributed by atoms with Crippen molar-refractivity contribution in [3.63, 3.8) is 0 Å². The van der Waals surface area contributed by atoms with E-state index in [9.17, 15) is 10.1 Å². The zero-order chi connectivity index (χ0) is 28.9. The molecule has 2 aromatic rings. The van der Waals surface area contributed by atoms with Crippen molar-refractivity contribution < 1.29 is 18.7 Å². The Morgan fingerprint density at radius 1 is 1.20 bits per heavy atom. The molecule has 1 unspecified atom stereocenters. The van der Waals surface area contributed by atoms with E-state index in [1.807, 2.05) is 4.90 Å². The number of benzene rings is 1. The minimum Gasteiger partial charge on any atom is -0.494 e. The van der Waals surface area contributed by atoms with E-state index >= 15 is 4.39 Å². The van der Waals surface area contributed by atoms with Crippen LogP contribution < -0.4 is 19.3 Å². The molecule has 3 aliphatic rings. The normalized spacial score (nSPS) is 21.2. The summed E-state index contributed by atoms with van der Waals surface area (Å²) in [7, 11) is 3.65. The van der Waals surface area contributed by atoms with Gasteiger partial charge >= 0.3 is 6.01 Å². The summed E-state index contributed by atoms with van der Waals surface area (Å²) in [5, 5.41) is 9.49. The van der Waals surface area contributed by atoms with Crippen LogP contribution in [-0.4, -0.2) is 91.2 Å². The molecule has 218 valence electrons. The Bertz CT molecular complexity index is 1320. The smallest absolute Gasteiger partial charge is 0.318 e. The van der Waals surface area contributed by atoms with Crippen LogP contribution in [0.4, 0.5) is 15.9 Å². The second kappa shape index (κ2) is 12.7. The van der Waals surface area contributed by atoms with E-state index in [0.29, 0.717) is 69.2 Å². The minimum atomic E-state index is -0.342. The van der Waals surface area contributed by atoms with Crippen LogP contribution in [0.25, 0.3) is 0 Å². The van der Waals surface area contributed by atoms with Crippen LogP contribution in [0.2, 0.25) is 0 Å². The highest BCUT2D eigenvalue weighted by atomic mass is 19.1. The number of nitriles is 1. The van der Waals surface area contributed by atoms with Gasteiger partial charge in [0.15, 0.2) is 0 Å². The number of piperazine rings is 1. The highest BCUT2D eigenvalue weighted by Crippen LogP contribution is 2.36. The molecule has 2 atom stereocenters. The number of ether oxygens (including phenoxy) is 2. The van der Waals surface area contributed by atoms with Crippen LogP contribution in [0.3, 0.4) is 0 Å². The Morgan fingerprint density at radius 3 is 2.78 bits per heavy atom. The van der Waals surface area contributed by atoms with Crippen molar-refractivity contribution in [1.82, 2.24) is 19.8 Å². The van der Waals surface area contributed by atoms with Gasteiger partial charge in [-0.15, -0.1) is 0 Å². The van der Waals surface area contributed by atoms with E-state index in [0.717, 1.165) is 42.9 Å². The number of halogens is 1. The largest absolute Gasteiger partial charge is 0.494 e. The van der Waals surface area contributed by atoms with Gasteiger partial charge in [0, 0.05) is 37.8 Å². The predicted molar refractivity (Wildman–Crippen MR) is 154 cm³/mol. The summed E-state index contributed by atoms with van der Waals surface area (Å²) in [6.45, 7) is 7.62. The third-order valence-electron chi connectivity index (χ3n) is 8.37. The number of anilines is 2. The summed E-state index contributed by atoms with van der Waals surface area (Å²) in [6.07, 6.45) is 5.18. The fourth-order valence-electron chi connectivity index (χ4n) is 6.17. The molecule has 0 radical (unpaired) electrons. The fourth-order valence-corrected chi connectivity index (χ4v) is 6.17. The van der Waals surface area contributed by atoms with E-state index in [1.54, 1.807) is 24.1 Å². The van der Waals surface area contributed by atoms with E-state index in [4.69, 9.17) is 19.4 Å². The SMILES string of the molecule is C=CC(=O)N1CCN(c2nc(OC[C@@H]3CCCN3C)nc3c2CCCN(c2c(F)cccc2OC)C3)CC1CC#N. The topological polar surface area (TPSA) is 98.1 Å². The van der Waals surface area contributed by atoms with Crippen LogP contribution in [0.15, 0.2) is 30.9 Å². The van der Waals surface area contributed by atoms with Gasteiger partial charge in [-0.3, -0.25) is 4.79 Å². The van der Waals surface area contributed by atoms with Crippen molar-refractivity contribution in [3.05, 3.63) is 47.9 Å². The van der Waals surface area contributed by atoms with Gasteiger partial charge in [-0.1, -0.05) is 12.6 Å². The summed E-state index contributed by atoms with van der Waals surface area (Å²) < 4.78 is 26.8. The van der Waals surface area contributed by atoms with Gasteiger partial charge in [0.05, 0.1) is 37.9 Å². The van der Waals surface area contributed by atoms with Gasteiger partial charge < -0.3 is 29.1 Å². The second-order valence-electron chi connectivity index (χ2n) is 10.9. The summed E-state index contributed by atoms with van der Waals surface area (Å²) in [4.78, 5) is 30.4. The zero-order valence-electron chi connectivity index (χ0n) is 23.9. The number of aromatic nitrogens is 2. The Morgan fingerprint density at radius 2 is 2.05 bits per heavy atom. The number of carbonyl (C=O) groups is 1. The lowest BCUT2D eigenvalue weighted by atomic mass is 10.1. The zero-order valence-corrected chi connectivity index (χ0v) is 23.9. The molecule has 0 saturated carbocycles.